The van der Waals surface area contributed by atoms with Gasteiger partial charge in [0.1, 0.15) is 11.5 Å². The Kier molecular flexibility index (Phi) is 5.32. The van der Waals surface area contributed by atoms with E-state index < -0.39 is 4.92 Å². The van der Waals surface area contributed by atoms with Crippen LogP contribution < -0.4 is 5.32 Å². The summed E-state index contributed by atoms with van der Waals surface area (Å²) >= 11 is 1.17. The molecule has 122 valence electrons. The van der Waals surface area contributed by atoms with Crippen molar-refractivity contribution in [2.75, 3.05) is 11.1 Å². The predicted molar refractivity (Wildman–Crippen MR) is 87.7 cm³/mol. The number of H-pyrrole nitrogens is 1. The lowest BCUT2D eigenvalue weighted by atomic mass is 10.1. The zero-order valence-electron chi connectivity index (χ0n) is 13.0. The molecule has 9 heteroatoms. The molecular weight excluding hydrogens is 318 g/mol. The Morgan fingerprint density at radius 1 is 1.43 bits per heavy atom. The summed E-state index contributed by atoms with van der Waals surface area (Å²) in [7, 11) is 0. The van der Waals surface area contributed by atoms with Gasteiger partial charge in [0.05, 0.1) is 10.7 Å². The number of nitrogens with one attached hydrogen (secondary N) is 2. The molecular formula is C14H17N5O3S. The molecule has 0 spiro atoms. The monoisotopic (exact) mass is 335 g/mol. The van der Waals surface area contributed by atoms with Crippen LogP contribution in [0.5, 0.6) is 0 Å². The van der Waals surface area contributed by atoms with Crippen molar-refractivity contribution in [3.05, 3.63) is 39.2 Å². The van der Waals surface area contributed by atoms with Gasteiger partial charge in [0.15, 0.2) is 0 Å². The summed E-state index contributed by atoms with van der Waals surface area (Å²) in [6.45, 7) is 5.45. The van der Waals surface area contributed by atoms with Crippen molar-refractivity contribution in [1.29, 1.82) is 0 Å². The molecule has 1 amide bonds. The van der Waals surface area contributed by atoms with Crippen molar-refractivity contribution >= 4 is 29.0 Å². The highest BCUT2D eigenvalue weighted by atomic mass is 32.2. The Hall–Kier alpha value is -2.42. The Morgan fingerprint density at radius 2 is 2.17 bits per heavy atom. The molecule has 0 atom stereocenters. The predicted octanol–water partition coefficient (Wildman–Crippen LogP) is 2.62. The van der Waals surface area contributed by atoms with Gasteiger partial charge in [-0.15, -0.1) is 5.10 Å². The Labute approximate surface area is 137 Å². The molecule has 0 unspecified atom stereocenters. The molecule has 0 saturated heterocycles. The summed E-state index contributed by atoms with van der Waals surface area (Å²) in [5, 5.41) is 21.0. The fourth-order valence-corrected chi connectivity index (χ4v) is 2.68. The molecule has 0 saturated carbocycles. The lowest BCUT2D eigenvalue weighted by Crippen LogP contribution is -2.16. The number of carbonyl (C=O) groups excluding carboxylic acids is 1. The normalized spacial score (nSPS) is 10.6. The number of carbonyl (C=O) groups is 1. The minimum absolute atomic E-state index is 0.0749. The van der Waals surface area contributed by atoms with Gasteiger partial charge in [0.2, 0.25) is 11.1 Å². The molecule has 1 aromatic carbocycles. The molecule has 2 N–H and O–H groups in total. The van der Waals surface area contributed by atoms with E-state index in [9.17, 15) is 14.9 Å². The Bertz CT molecular complexity index is 744. The number of aromatic nitrogens is 3. The molecule has 1 aromatic heterocycles. The highest BCUT2D eigenvalue weighted by Crippen LogP contribution is 2.29. The highest BCUT2D eigenvalue weighted by molar-refractivity contribution is 7.99. The second kappa shape index (κ2) is 7.23. The van der Waals surface area contributed by atoms with E-state index in [1.165, 1.54) is 17.8 Å². The van der Waals surface area contributed by atoms with Gasteiger partial charge in [-0.05, 0) is 25.0 Å². The first kappa shape index (κ1) is 16.9. The summed E-state index contributed by atoms with van der Waals surface area (Å²) in [5.41, 5.74) is 1.55. The van der Waals surface area contributed by atoms with E-state index >= 15 is 0 Å². The molecule has 0 aliphatic rings. The second-order valence-corrected chi connectivity index (χ2v) is 5.93. The fraction of sp³-hybridized carbons (Fsp3) is 0.357. The third kappa shape index (κ3) is 4.28. The zero-order chi connectivity index (χ0) is 17.0. The van der Waals surface area contributed by atoms with Crippen molar-refractivity contribution in [2.45, 2.75) is 32.3 Å². The number of thioether (sulfide) groups is 1. The first-order valence-corrected chi connectivity index (χ1v) is 7.98. The third-order valence-corrected chi connectivity index (χ3v) is 3.95. The van der Waals surface area contributed by atoms with Gasteiger partial charge in [-0.3, -0.25) is 20.0 Å². The van der Waals surface area contributed by atoms with Gasteiger partial charge in [-0.25, -0.2) is 4.98 Å². The summed E-state index contributed by atoms with van der Waals surface area (Å²) in [6, 6.07) is 3.23. The van der Waals surface area contributed by atoms with Crippen molar-refractivity contribution in [3.8, 4) is 0 Å². The maximum atomic E-state index is 12.1. The molecule has 1 heterocycles. The van der Waals surface area contributed by atoms with Crippen LogP contribution in [0.3, 0.4) is 0 Å². The number of anilines is 1. The van der Waals surface area contributed by atoms with Crippen LogP contribution in [-0.2, 0) is 11.2 Å². The van der Waals surface area contributed by atoms with Crippen LogP contribution >= 0.6 is 11.8 Å². The average Bonchev–Trinajstić information content (AvgIpc) is 2.95. The van der Waals surface area contributed by atoms with Crippen LogP contribution in [0.1, 0.15) is 23.9 Å². The van der Waals surface area contributed by atoms with Crippen LogP contribution in [0.15, 0.2) is 17.3 Å². The number of aromatic amines is 1. The first-order valence-electron chi connectivity index (χ1n) is 7.00. The molecule has 0 aliphatic heterocycles. The number of nitrogens with zero attached hydrogens (tertiary/aromatic N) is 3. The van der Waals surface area contributed by atoms with E-state index in [1.54, 1.807) is 19.9 Å². The number of benzene rings is 1. The van der Waals surface area contributed by atoms with Crippen molar-refractivity contribution < 1.29 is 9.72 Å². The molecule has 0 radical (unpaired) electrons. The lowest BCUT2D eigenvalue weighted by Gasteiger charge is -2.09. The van der Waals surface area contributed by atoms with Gasteiger partial charge in [-0.1, -0.05) is 24.8 Å². The fourth-order valence-electron chi connectivity index (χ4n) is 2.06. The van der Waals surface area contributed by atoms with E-state index in [1.807, 2.05) is 6.92 Å². The Balaban J connectivity index is 2.06. The SMILES string of the molecule is CCc1nc(SCC(=O)Nc2c(C)cc(C)cc2[N+](=O)[O-])n[nH]1. The lowest BCUT2D eigenvalue weighted by molar-refractivity contribution is -0.384. The quantitative estimate of drug-likeness (QED) is 0.476. The minimum atomic E-state index is -0.494. The second-order valence-electron chi connectivity index (χ2n) is 4.99. The molecule has 2 aromatic rings. The van der Waals surface area contributed by atoms with E-state index in [2.05, 4.69) is 20.5 Å². The Morgan fingerprint density at radius 3 is 2.78 bits per heavy atom. The number of nitro groups is 1. The molecule has 0 aliphatic carbocycles. The number of rotatable bonds is 6. The average molecular weight is 335 g/mol. The van der Waals surface area contributed by atoms with Crippen LogP contribution in [0.25, 0.3) is 0 Å². The first-order chi connectivity index (χ1) is 10.9. The molecule has 0 bridgehead atoms. The van der Waals surface area contributed by atoms with Crippen molar-refractivity contribution in [1.82, 2.24) is 15.2 Å². The highest BCUT2D eigenvalue weighted by Gasteiger charge is 2.19. The summed E-state index contributed by atoms with van der Waals surface area (Å²) in [6.07, 6.45) is 0.731. The van der Waals surface area contributed by atoms with E-state index in [-0.39, 0.29) is 23.0 Å². The van der Waals surface area contributed by atoms with Gasteiger partial charge >= 0.3 is 0 Å². The van der Waals surface area contributed by atoms with E-state index in [0.29, 0.717) is 10.7 Å². The largest absolute Gasteiger partial charge is 0.319 e. The summed E-state index contributed by atoms with van der Waals surface area (Å²) < 4.78 is 0. The third-order valence-electron chi connectivity index (χ3n) is 3.10. The van der Waals surface area contributed by atoms with Crippen LogP contribution in [0, 0.1) is 24.0 Å². The maximum absolute atomic E-state index is 12.1. The van der Waals surface area contributed by atoms with Crippen LogP contribution in [-0.4, -0.2) is 31.8 Å². The van der Waals surface area contributed by atoms with E-state index in [4.69, 9.17) is 0 Å². The van der Waals surface area contributed by atoms with E-state index in [0.717, 1.165) is 17.8 Å². The van der Waals surface area contributed by atoms with Gasteiger partial charge < -0.3 is 5.32 Å². The number of hydrogen-bond donors (Lipinski definition) is 2. The number of aryl methyl sites for hydroxylation is 3. The van der Waals surface area contributed by atoms with Crippen molar-refractivity contribution in [3.63, 3.8) is 0 Å². The van der Waals surface area contributed by atoms with Gasteiger partial charge in [0.25, 0.3) is 5.69 Å². The van der Waals surface area contributed by atoms with Crippen LogP contribution in [0.2, 0.25) is 0 Å². The summed E-state index contributed by atoms with van der Waals surface area (Å²) in [5.74, 6) is 0.483. The summed E-state index contributed by atoms with van der Waals surface area (Å²) in [4.78, 5) is 26.9. The molecule has 23 heavy (non-hydrogen) atoms. The van der Waals surface area contributed by atoms with Gasteiger partial charge in [-0.2, -0.15) is 0 Å². The minimum Gasteiger partial charge on any atom is -0.319 e. The zero-order valence-corrected chi connectivity index (χ0v) is 13.9. The smallest absolute Gasteiger partial charge is 0.293 e. The molecule has 8 nitrogen and oxygen atoms in total. The number of amides is 1. The molecule has 2 rings (SSSR count). The standard InChI is InChI=1S/C14H17N5O3S/c1-4-11-15-14(18-17-11)23-7-12(20)16-13-9(3)5-8(2)6-10(13)19(21)22/h5-6H,4,7H2,1-3H3,(H,16,20)(H,15,17,18). The van der Waals surface area contributed by atoms with Gasteiger partial charge in [0, 0.05) is 12.5 Å². The molecule has 0 fully saturated rings. The maximum Gasteiger partial charge on any atom is 0.293 e. The van der Waals surface area contributed by atoms with Crippen molar-refractivity contribution in [2.24, 2.45) is 0 Å². The topological polar surface area (TPSA) is 114 Å². The number of nitro benzene ring substituents is 1. The number of hydrogen-bond acceptors (Lipinski definition) is 6. The van der Waals surface area contributed by atoms with Crippen LogP contribution in [0.4, 0.5) is 11.4 Å².